The number of carbonyl (C=O) groups excluding carboxylic acids is 2. The Balaban J connectivity index is 0.000000267. The molecule has 0 amide bonds. The lowest BCUT2D eigenvalue weighted by atomic mass is 10.2. The highest BCUT2D eigenvalue weighted by atomic mass is 35.5. The van der Waals surface area contributed by atoms with Gasteiger partial charge >= 0.3 is 23.3 Å². The zero-order valence-electron chi connectivity index (χ0n) is 33.5. The molecule has 1 aliphatic heterocycles. The largest absolute Gasteiger partial charge is 0.467 e. The van der Waals surface area contributed by atoms with E-state index in [4.69, 9.17) is 46.9 Å². The third-order valence-corrected chi connectivity index (χ3v) is 11.6. The number of anilines is 2. The van der Waals surface area contributed by atoms with Crippen molar-refractivity contribution in [3.63, 3.8) is 0 Å². The van der Waals surface area contributed by atoms with Gasteiger partial charge in [0, 0.05) is 11.5 Å². The molecule has 0 unspecified atom stereocenters. The number of aromatic nitrogens is 4. The molecule has 0 bridgehead atoms. The van der Waals surface area contributed by atoms with Crippen molar-refractivity contribution >= 4 is 81.7 Å². The Hall–Kier alpha value is -3.46. The number of aliphatic hydroxyl groups is 2. The Morgan fingerprint density at radius 2 is 1.28 bits per heavy atom. The van der Waals surface area contributed by atoms with Gasteiger partial charge in [-0.15, -0.1) is 0 Å². The van der Waals surface area contributed by atoms with E-state index < -0.39 is 94.3 Å². The first-order chi connectivity index (χ1) is 28.4. The van der Waals surface area contributed by atoms with Crippen LogP contribution in [0.15, 0.2) is 10.3 Å². The van der Waals surface area contributed by atoms with Crippen LogP contribution >= 0.6 is 46.7 Å². The molecular formula is C34H48Cl2N8O14S2. The van der Waals surface area contributed by atoms with Crippen molar-refractivity contribution < 1.29 is 58.1 Å². The van der Waals surface area contributed by atoms with Crippen LogP contribution in [0.25, 0.3) is 0 Å². The standard InChI is InChI=1S/C19H27ClN4O7S.C15H21ClN4O7S/c1-5-7-32-18-22-16(20)13(24(26)27)17(23-18)21-10-8-11(29-9-12(25)28-6-2)15-14(10)30-19(3,4)31-15;1-3-4-28-15-18-13(16)10(20(24)25)14(19-15)17-7-5-8(12(23)11(7)22)27-6-9(21)26-2/h10-11,14-15H,5-9H2,1-4H3,(H,21,22,23);7-8,11-12,22-23H,3-6H2,1-2H3,(H,17,18,19)/t10-,11+,14+,15-;7-,8+,11+,12-/m11/s1. The van der Waals surface area contributed by atoms with Crippen LogP contribution in [-0.4, -0.2) is 145 Å². The Labute approximate surface area is 363 Å². The van der Waals surface area contributed by atoms with Crippen LogP contribution in [0.4, 0.5) is 23.0 Å². The van der Waals surface area contributed by atoms with Gasteiger partial charge in [-0.25, -0.2) is 19.6 Å². The quantitative estimate of drug-likeness (QED) is 0.0383. The number of halogens is 2. The lowest BCUT2D eigenvalue weighted by Gasteiger charge is -2.24. The monoisotopic (exact) mass is 926 g/mol. The van der Waals surface area contributed by atoms with Gasteiger partial charge in [-0.05, 0) is 46.5 Å². The van der Waals surface area contributed by atoms with Crippen LogP contribution in [-0.2, 0) is 38.0 Å². The van der Waals surface area contributed by atoms with E-state index in [9.17, 15) is 40.0 Å². The molecule has 3 aliphatic rings. The van der Waals surface area contributed by atoms with E-state index in [1.54, 1.807) is 20.8 Å². The van der Waals surface area contributed by atoms with Crippen LogP contribution in [0, 0.1) is 20.2 Å². The summed E-state index contributed by atoms with van der Waals surface area (Å²) >= 11 is 14.7. The van der Waals surface area contributed by atoms with Gasteiger partial charge in [0.1, 0.15) is 37.6 Å². The van der Waals surface area contributed by atoms with E-state index in [1.807, 2.05) is 13.8 Å². The molecule has 2 aliphatic carbocycles. The molecule has 8 atom stereocenters. The fraction of sp³-hybridized carbons (Fsp3) is 0.706. The highest BCUT2D eigenvalue weighted by Crippen LogP contribution is 2.42. The predicted molar refractivity (Wildman–Crippen MR) is 217 cm³/mol. The molecule has 334 valence electrons. The first kappa shape index (κ1) is 49.2. The van der Waals surface area contributed by atoms with Gasteiger partial charge in [-0.1, -0.05) is 60.6 Å². The normalized spacial score (nSPS) is 25.2. The number of nitrogens with zero attached hydrogens (tertiary/aromatic N) is 6. The number of nitrogens with one attached hydrogen (secondary N) is 2. The van der Waals surface area contributed by atoms with Gasteiger partial charge < -0.3 is 49.3 Å². The van der Waals surface area contributed by atoms with E-state index >= 15 is 0 Å². The molecule has 1 saturated heterocycles. The summed E-state index contributed by atoms with van der Waals surface area (Å²) in [5.41, 5.74) is -0.929. The van der Waals surface area contributed by atoms with Gasteiger partial charge in [-0.3, -0.25) is 20.2 Å². The molecule has 4 N–H and O–H groups in total. The second kappa shape index (κ2) is 22.6. The number of hydrogen-bond donors (Lipinski definition) is 4. The number of esters is 2. The molecule has 3 fully saturated rings. The molecular weight excluding hydrogens is 879 g/mol. The minimum Gasteiger partial charge on any atom is -0.467 e. The summed E-state index contributed by atoms with van der Waals surface area (Å²) < 4.78 is 32.4. The number of carbonyl (C=O) groups is 2. The third-order valence-electron chi connectivity index (χ3n) is 8.93. The lowest BCUT2D eigenvalue weighted by Crippen LogP contribution is -2.37. The van der Waals surface area contributed by atoms with Gasteiger partial charge in [0.05, 0.1) is 47.9 Å². The molecule has 5 rings (SSSR count). The Morgan fingerprint density at radius 3 is 1.78 bits per heavy atom. The van der Waals surface area contributed by atoms with E-state index in [0.717, 1.165) is 18.6 Å². The first-order valence-electron chi connectivity index (χ1n) is 18.8. The van der Waals surface area contributed by atoms with Crippen molar-refractivity contribution in [2.75, 3.05) is 49.1 Å². The van der Waals surface area contributed by atoms with Crippen LogP contribution in [0.1, 0.15) is 60.3 Å². The maximum Gasteiger partial charge on any atom is 0.348 e. The molecule has 0 spiro atoms. The van der Waals surface area contributed by atoms with Gasteiger partial charge in [0.2, 0.25) is 21.9 Å². The van der Waals surface area contributed by atoms with Crippen LogP contribution in [0.5, 0.6) is 0 Å². The summed E-state index contributed by atoms with van der Waals surface area (Å²) in [6, 6.07) is -1.24. The summed E-state index contributed by atoms with van der Waals surface area (Å²) in [5.74, 6) is -0.690. The number of fused-ring (bicyclic) bond motifs is 1. The maximum atomic E-state index is 11.7. The number of aliphatic hydroxyl groups excluding tert-OH is 2. The number of methoxy groups -OCH3 is 1. The van der Waals surface area contributed by atoms with Crippen molar-refractivity contribution in [2.24, 2.45) is 0 Å². The molecule has 0 radical (unpaired) electrons. The van der Waals surface area contributed by atoms with Crippen molar-refractivity contribution in [3.05, 3.63) is 30.5 Å². The van der Waals surface area contributed by atoms with Crippen LogP contribution in [0.3, 0.4) is 0 Å². The predicted octanol–water partition coefficient (Wildman–Crippen LogP) is 4.20. The van der Waals surface area contributed by atoms with E-state index in [0.29, 0.717) is 17.3 Å². The van der Waals surface area contributed by atoms with Crippen LogP contribution < -0.4 is 10.6 Å². The molecule has 26 heteroatoms. The molecule has 2 saturated carbocycles. The lowest BCUT2D eigenvalue weighted by molar-refractivity contribution is -0.384. The topological polar surface area (TPSA) is 292 Å². The van der Waals surface area contributed by atoms with Crippen molar-refractivity contribution in [3.8, 4) is 0 Å². The Kier molecular flexibility index (Phi) is 18.5. The van der Waals surface area contributed by atoms with Crippen molar-refractivity contribution in [1.82, 2.24) is 19.9 Å². The minimum atomic E-state index is -1.30. The number of nitro groups is 2. The zero-order valence-corrected chi connectivity index (χ0v) is 36.7. The van der Waals surface area contributed by atoms with Crippen molar-refractivity contribution in [1.29, 1.82) is 0 Å². The van der Waals surface area contributed by atoms with E-state index in [1.165, 1.54) is 30.6 Å². The van der Waals surface area contributed by atoms with Gasteiger partial charge in [0.15, 0.2) is 16.1 Å². The Morgan fingerprint density at radius 1 is 0.800 bits per heavy atom. The second-order valence-electron chi connectivity index (χ2n) is 13.8. The average molecular weight is 928 g/mol. The molecule has 0 aromatic carbocycles. The smallest absolute Gasteiger partial charge is 0.348 e. The number of thioether (sulfide) groups is 2. The first-order valence-corrected chi connectivity index (χ1v) is 21.6. The summed E-state index contributed by atoms with van der Waals surface area (Å²) in [5, 5.41) is 49.3. The highest BCUT2D eigenvalue weighted by molar-refractivity contribution is 7.99. The second-order valence-corrected chi connectivity index (χ2v) is 16.6. The number of ether oxygens (including phenoxy) is 6. The molecule has 2 aromatic rings. The zero-order chi connectivity index (χ0) is 44.3. The molecule has 22 nitrogen and oxygen atoms in total. The average Bonchev–Trinajstić information content (AvgIpc) is 3.77. The molecule has 2 aromatic heterocycles. The SMILES string of the molecule is CCCSc1nc(Cl)c([N+](=O)[O-])c(N[C@@H]2C[C@H](OCC(=O)OC)[C@@H](O)[C@H]2O)n1.CCCSc1nc(Cl)c([N+](=O)[O-])c(N[C@@H]2C[C@H](OCC(=O)OCC)[C@H]3OC(C)(C)O[C@H]32)n1. The van der Waals surface area contributed by atoms with E-state index in [2.05, 4.69) is 35.3 Å². The van der Waals surface area contributed by atoms with Gasteiger partial charge in [-0.2, -0.15) is 9.97 Å². The third kappa shape index (κ3) is 13.0. The highest BCUT2D eigenvalue weighted by Gasteiger charge is 2.55. The summed E-state index contributed by atoms with van der Waals surface area (Å²) in [6.45, 7) is 8.86. The fourth-order valence-electron chi connectivity index (χ4n) is 6.36. The summed E-state index contributed by atoms with van der Waals surface area (Å²) in [7, 11) is 1.20. The molecule has 60 heavy (non-hydrogen) atoms. The van der Waals surface area contributed by atoms with Crippen molar-refractivity contribution in [2.45, 2.75) is 125 Å². The maximum absolute atomic E-state index is 11.7. The summed E-state index contributed by atoms with van der Waals surface area (Å²) in [6.07, 6.45) is -2.70. The number of hydrogen-bond acceptors (Lipinski definition) is 22. The van der Waals surface area contributed by atoms with Gasteiger partial charge in [0.25, 0.3) is 0 Å². The van der Waals surface area contributed by atoms with Crippen LogP contribution in [0.2, 0.25) is 10.3 Å². The Bertz CT molecular complexity index is 1840. The minimum absolute atomic E-state index is 0.0108. The summed E-state index contributed by atoms with van der Waals surface area (Å²) in [4.78, 5) is 61.0. The molecule has 3 heterocycles. The number of rotatable bonds is 19. The fourth-order valence-corrected chi connectivity index (χ4v) is 8.33. The van der Waals surface area contributed by atoms with E-state index in [-0.39, 0.29) is 46.7 Å².